The van der Waals surface area contributed by atoms with Gasteiger partial charge in [0.2, 0.25) is 0 Å². The van der Waals surface area contributed by atoms with Gasteiger partial charge in [0.05, 0.1) is 30.0 Å². The zero-order valence-corrected chi connectivity index (χ0v) is 18.2. The van der Waals surface area contributed by atoms with Crippen molar-refractivity contribution >= 4 is 28.5 Å². The summed E-state index contributed by atoms with van der Waals surface area (Å²) in [5.41, 5.74) is 4.68. The maximum atomic E-state index is 9.86. The van der Waals surface area contributed by atoms with Crippen LogP contribution in [0.5, 0.6) is 5.75 Å². The minimum Gasteiger partial charge on any atom is -0.492 e. The van der Waals surface area contributed by atoms with E-state index in [0.717, 1.165) is 66.4 Å². The first kappa shape index (κ1) is 20.6. The summed E-state index contributed by atoms with van der Waals surface area (Å²) in [7, 11) is 2.00. The summed E-state index contributed by atoms with van der Waals surface area (Å²) in [4.78, 5) is 2.35. The van der Waals surface area contributed by atoms with Gasteiger partial charge in [-0.05, 0) is 29.8 Å². The van der Waals surface area contributed by atoms with Crippen molar-refractivity contribution in [3.8, 4) is 23.1 Å². The number of benzene rings is 2. The number of nitriles is 1. The van der Waals surface area contributed by atoms with Crippen LogP contribution >= 0.6 is 11.9 Å². The molecule has 2 heterocycles. The van der Waals surface area contributed by atoms with Gasteiger partial charge >= 0.3 is 0 Å². The number of ether oxygens (including phenoxy) is 2. The number of hydrogen-bond donors (Lipinski definition) is 1. The van der Waals surface area contributed by atoms with E-state index in [0.29, 0.717) is 12.2 Å². The summed E-state index contributed by atoms with van der Waals surface area (Å²) < 4.78 is 16.7. The Balaban J connectivity index is 1.57. The maximum Gasteiger partial charge on any atom is 0.121 e. The van der Waals surface area contributed by atoms with Gasteiger partial charge in [-0.3, -0.25) is 4.90 Å². The topological polar surface area (TPSA) is 62.4 Å². The number of morpholine rings is 1. The average Bonchev–Trinajstić information content (AvgIpc) is 3.06. The number of rotatable bonds is 7. The van der Waals surface area contributed by atoms with Crippen LogP contribution in [0.4, 0.5) is 5.69 Å². The van der Waals surface area contributed by atoms with Gasteiger partial charge in [-0.15, -0.1) is 0 Å². The van der Waals surface area contributed by atoms with Gasteiger partial charge < -0.3 is 18.8 Å². The second-order valence-electron chi connectivity index (χ2n) is 7.26. The first-order valence-electron chi connectivity index (χ1n) is 10.1. The Kier molecular flexibility index (Phi) is 6.48. The predicted octanol–water partition coefficient (Wildman–Crippen LogP) is 4.12. The lowest BCUT2D eigenvalue weighted by molar-refractivity contribution is 0.0322. The molecule has 30 heavy (non-hydrogen) atoms. The molecule has 0 unspecified atom stereocenters. The van der Waals surface area contributed by atoms with E-state index < -0.39 is 0 Å². The standard InChI is InChI=1S/C23H26N4O2S/c1-26-22-15-19(29-14-11-27-9-12-28-13-10-27)7-8-20(22)21(16-24)23(26)17-3-5-18(6-4-17)25-30-2/h3-8,15,25H,9-14H2,1-2H3. The van der Waals surface area contributed by atoms with Gasteiger partial charge in [0, 0.05) is 50.1 Å². The van der Waals surface area contributed by atoms with Gasteiger partial charge in [0.25, 0.3) is 0 Å². The highest BCUT2D eigenvalue weighted by atomic mass is 32.2. The Hall–Kier alpha value is -2.66. The third-order valence-electron chi connectivity index (χ3n) is 5.44. The lowest BCUT2D eigenvalue weighted by Crippen LogP contribution is -2.38. The first-order chi connectivity index (χ1) is 14.7. The number of aromatic nitrogens is 1. The van der Waals surface area contributed by atoms with E-state index in [1.165, 1.54) is 0 Å². The predicted molar refractivity (Wildman–Crippen MR) is 123 cm³/mol. The van der Waals surface area contributed by atoms with Crippen molar-refractivity contribution < 1.29 is 9.47 Å². The molecule has 156 valence electrons. The second-order valence-corrected chi connectivity index (χ2v) is 7.87. The molecule has 0 bridgehead atoms. The number of nitrogens with one attached hydrogen (secondary N) is 1. The summed E-state index contributed by atoms with van der Waals surface area (Å²) in [5.74, 6) is 0.826. The molecule has 0 aliphatic carbocycles. The van der Waals surface area contributed by atoms with Crippen LogP contribution in [0.1, 0.15) is 5.56 Å². The molecule has 4 rings (SSSR count). The van der Waals surface area contributed by atoms with Crippen molar-refractivity contribution in [2.24, 2.45) is 7.05 Å². The first-order valence-corrected chi connectivity index (χ1v) is 11.3. The minimum atomic E-state index is 0.637. The van der Waals surface area contributed by atoms with Crippen LogP contribution in [0.3, 0.4) is 0 Å². The molecule has 0 saturated carbocycles. The lowest BCUT2D eigenvalue weighted by Gasteiger charge is -2.26. The number of anilines is 1. The van der Waals surface area contributed by atoms with Crippen LogP contribution in [0.25, 0.3) is 22.2 Å². The average molecular weight is 423 g/mol. The summed E-state index contributed by atoms with van der Waals surface area (Å²) in [6.45, 7) is 5.03. The van der Waals surface area contributed by atoms with Crippen LogP contribution in [0.2, 0.25) is 0 Å². The lowest BCUT2D eigenvalue weighted by atomic mass is 10.1. The Bertz CT molecular complexity index is 1050. The van der Waals surface area contributed by atoms with Gasteiger partial charge in [0.1, 0.15) is 18.4 Å². The SMILES string of the molecule is CSNc1ccc(-c2c(C#N)c3ccc(OCCN4CCOCC4)cc3n2C)cc1. The van der Waals surface area contributed by atoms with E-state index in [1.807, 2.05) is 55.8 Å². The van der Waals surface area contributed by atoms with Crippen molar-refractivity contribution in [3.63, 3.8) is 0 Å². The molecule has 1 aliphatic rings. The normalized spacial score (nSPS) is 14.6. The largest absolute Gasteiger partial charge is 0.492 e. The Morgan fingerprint density at radius 3 is 2.63 bits per heavy atom. The molecular weight excluding hydrogens is 396 g/mol. The van der Waals surface area contributed by atoms with E-state index >= 15 is 0 Å². The molecule has 0 atom stereocenters. The van der Waals surface area contributed by atoms with E-state index in [2.05, 4.69) is 20.3 Å². The highest BCUT2D eigenvalue weighted by Gasteiger charge is 2.17. The number of hydrogen-bond acceptors (Lipinski definition) is 6. The van der Waals surface area contributed by atoms with Crippen LogP contribution in [-0.4, -0.2) is 55.2 Å². The molecule has 1 fully saturated rings. The number of nitrogens with zero attached hydrogens (tertiary/aromatic N) is 3. The van der Waals surface area contributed by atoms with Gasteiger partial charge in [-0.2, -0.15) is 5.26 Å². The smallest absolute Gasteiger partial charge is 0.121 e. The molecule has 7 heteroatoms. The van der Waals surface area contributed by atoms with Crippen LogP contribution in [-0.2, 0) is 11.8 Å². The Labute approximate surface area is 181 Å². The molecular formula is C23H26N4O2S. The summed E-state index contributed by atoms with van der Waals surface area (Å²) in [6, 6.07) is 16.5. The Morgan fingerprint density at radius 1 is 1.17 bits per heavy atom. The molecule has 0 amide bonds. The molecule has 0 spiro atoms. The molecule has 1 aliphatic heterocycles. The monoisotopic (exact) mass is 422 g/mol. The molecule has 2 aromatic carbocycles. The van der Waals surface area contributed by atoms with Crippen molar-refractivity contribution in [2.45, 2.75) is 0 Å². The van der Waals surface area contributed by atoms with E-state index in [-0.39, 0.29) is 0 Å². The fourth-order valence-electron chi connectivity index (χ4n) is 3.89. The van der Waals surface area contributed by atoms with Crippen molar-refractivity contribution in [3.05, 3.63) is 48.0 Å². The zero-order valence-electron chi connectivity index (χ0n) is 17.4. The third kappa shape index (κ3) is 4.26. The summed E-state index contributed by atoms with van der Waals surface area (Å²) >= 11 is 1.56. The number of fused-ring (bicyclic) bond motifs is 1. The number of aryl methyl sites for hydroxylation is 1. The van der Waals surface area contributed by atoms with Gasteiger partial charge in [-0.1, -0.05) is 24.1 Å². The third-order valence-corrected chi connectivity index (χ3v) is 5.88. The van der Waals surface area contributed by atoms with Crippen LogP contribution in [0.15, 0.2) is 42.5 Å². The van der Waals surface area contributed by atoms with Crippen LogP contribution in [0, 0.1) is 11.3 Å². The summed E-state index contributed by atoms with van der Waals surface area (Å²) in [5, 5.41) is 10.8. The summed E-state index contributed by atoms with van der Waals surface area (Å²) in [6.07, 6.45) is 1.99. The van der Waals surface area contributed by atoms with Crippen molar-refractivity contribution in [1.29, 1.82) is 5.26 Å². The molecule has 3 aromatic rings. The molecule has 6 nitrogen and oxygen atoms in total. The fraction of sp³-hybridized carbons (Fsp3) is 0.348. The van der Waals surface area contributed by atoms with E-state index in [4.69, 9.17) is 9.47 Å². The second kappa shape index (κ2) is 9.43. The van der Waals surface area contributed by atoms with Gasteiger partial charge in [-0.25, -0.2) is 0 Å². The molecule has 1 aromatic heterocycles. The van der Waals surface area contributed by atoms with E-state index in [9.17, 15) is 5.26 Å². The molecule has 1 N–H and O–H groups in total. The molecule has 0 radical (unpaired) electrons. The van der Waals surface area contributed by atoms with Crippen LogP contribution < -0.4 is 9.46 Å². The van der Waals surface area contributed by atoms with E-state index in [1.54, 1.807) is 11.9 Å². The Morgan fingerprint density at radius 2 is 1.93 bits per heavy atom. The highest BCUT2D eigenvalue weighted by molar-refractivity contribution is 7.99. The molecule has 1 saturated heterocycles. The fourth-order valence-corrected chi connectivity index (χ4v) is 4.26. The highest BCUT2D eigenvalue weighted by Crippen LogP contribution is 2.35. The van der Waals surface area contributed by atoms with Crippen molar-refractivity contribution in [1.82, 2.24) is 9.47 Å². The zero-order chi connectivity index (χ0) is 20.9. The van der Waals surface area contributed by atoms with Gasteiger partial charge in [0.15, 0.2) is 0 Å². The van der Waals surface area contributed by atoms with Crippen molar-refractivity contribution in [2.75, 3.05) is 50.4 Å². The maximum absolute atomic E-state index is 9.86. The quantitative estimate of drug-likeness (QED) is 0.578. The minimum absolute atomic E-state index is 0.637.